The number of H-pyrrole nitrogens is 1. The van der Waals surface area contributed by atoms with E-state index in [1.54, 1.807) is 12.3 Å². The standard InChI is InChI=1S/C21H21N5O2/c1-14(27)28-11-5-8-17-13-22-20(16-6-3-2-4-7-16)24-21(17)23-19-12-18(25-26-19)15-9-10-15/h2-8,12-13,15H,9-11H2,1H3,(H2,22,23,24,25,26). The van der Waals surface area contributed by atoms with Crippen LogP contribution in [0.25, 0.3) is 17.5 Å². The molecule has 0 radical (unpaired) electrons. The fraction of sp³-hybridized carbons (Fsp3) is 0.238. The largest absolute Gasteiger partial charge is 0.462 e. The van der Waals surface area contributed by atoms with E-state index in [0.29, 0.717) is 23.4 Å². The predicted molar refractivity (Wildman–Crippen MR) is 107 cm³/mol. The minimum Gasteiger partial charge on any atom is -0.462 e. The second kappa shape index (κ2) is 8.04. The van der Waals surface area contributed by atoms with Gasteiger partial charge in [0.1, 0.15) is 12.4 Å². The first-order chi connectivity index (χ1) is 13.7. The third-order valence-electron chi connectivity index (χ3n) is 4.39. The molecule has 1 aliphatic rings. The van der Waals surface area contributed by atoms with Crippen molar-refractivity contribution in [2.24, 2.45) is 0 Å². The van der Waals surface area contributed by atoms with Gasteiger partial charge >= 0.3 is 5.97 Å². The zero-order valence-electron chi connectivity index (χ0n) is 15.6. The highest BCUT2D eigenvalue weighted by Gasteiger charge is 2.25. The molecule has 4 rings (SSSR count). The van der Waals surface area contributed by atoms with Gasteiger partial charge in [0.15, 0.2) is 11.6 Å². The van der Waals surface area contributed by atoms with Crippen LogP contribution in [0, 0.1) is 0 Å². The number of esters is 1. The highest BCUT2D eigenvalue weighted by molar-refractivity contribution is 5.70. The molecule has 142 valence electrons. The molecule has 0 amide bonds. The molecule has 0 atom stereocenters. The van der Waals surface area contributed by atoms with E-state index in [2.05, 4.69) is 25.5 Å². The van der Waals surface area contributed by atoms with Crippen LogP contribution in [0.5, 0.6) is 0 Å². The number of aromatic amines is 1. The minimum atomic E-state index is -0.317. The number of hydrogen-bond donors (Lipinski definition) is 2. The van der Waals surface area contributed by atoms with E-state index < -0.39 is 0 Å². The molecule has 0 spiro atoms. The molecule has 2 N–H and O–H groups in total. The zero-order valence-corrected chi connectivity index (χ0v) is 15.6. The van der Waals surface area contributed by atoms with E-state index in [9.17, 15) is 4.79 Å². The lowest BCUT2D eigenvalue weighted by atomic mass is 10.2. The van der Waals surface area contributed by atoms with Gasteiger partial charge in [-0.2, -0.15) is 5.10 Å². The molecule has 1 fully saturated rings. The smallest absolute Gasteiger partial charge is 0.302 e. The molecule has 1 aromatic carbocycles. The van der Waals surface area contributed by atoms with Crippen molar-refractivity contribution in [1.82, 2.24) is 20.2 Å². The maximum atomic E-state index is 10.9. The number of rotatable bonds is 7. The summed E-state index contributed by atoms with van der Waals surface area (Å²) in [4.78, 5) is 20.1. The van der Waals surface area contributed by atoms with E-state index in [1.165, 1.54) is 19.8 Å². The van der Waals surface area contributed by atoms with Crippen LogP contribution in [0.1, 0.15) is 36.9 Å². The molecule has 7 heteroatoms. The summed E-state index contributed by atoms with van der Waals surface area (Å²) in [5.41, 5.74) is 2.86. The van der Waals surface area contributed by atoms with Crippen molar-refractivity contribution in [3.63, 3.8) is 0 Å². The van der Waals surface area contributed by atoms with E-state index in [1.807, 2.05) is 42.5 Å². The third-order valence-corrected chi connectivity index (χ3v) is 4.39. The fourth-order valence-electron chi connectivity index (χ4n) is 2.81. The molecule has 0 aliphatic heterocycles. The Balaban J connectivity index is 1.61. The summed E-state index contributed by atoms with van der Waals surface area (Å²) in [6.07, 6.45) is 7.74. The maximum Gasteiger partial charge on any atom is 0.302 e. The quantitative estimate of drug-likeness (QED) is 0.605. The second-order valence-electron chi connectivity index (χ2n) is 6.68. The molecule has 2 heterocycles. The van der Waals surface area contributed by atoms with Crippen molar-refractivity contribution in [2.75, 3.05) is 11.9 Å². The highest BCUT2D eigenvalue weighted by atomic mass is 16.5. The van der Waals surface area contributed by atoms with E-state index in [0.717, 1.165) is 16.8 Å². The summed E-state index contributed by atoms with van der Waals surface area (Å²) < 4.78 is 4.95. The number of nitrogens with zero attached hydrogens (tertiary/aromatic N) is 3. The minimum absolute atomic E-state index is 0.198. The van der Waals surface area contributed by atoms with Crippen LogP contribution in [-0.4, -0.2) is 32.7 Å². The number of nitrogens with one attached hydrogen (secondary N) is 2. The Hall–Kier alpha value is -3.48. The summed E-state index contributed by atoms with van der Waals surface area (Å²) in [6.45, 7) is 1.58. The number of hydrogen-bond acceptors (Lipinski definition) is 6. The molecule has 0 unspecified atom stereocenters. The molecule has 1 saturated carbocycles. The number of aromatic nitrogens is 4. The fourth-order valence-corrected chi connectivity index (χ4v) is 2.81. The molecule has 1 aliphatic carbocycles. The monoisotopic (exact) mass is 375 g/mol. The second-order valence-corrected chi connectivity index (χ2v) is 6.68. The van der Waals surface area contributed by atoms with Crippen LogP contribution < -0.4 is 5.32 Å². The molecular formula is C21H21N5O2. The molecule has 0 saturated heterocycles. The maximum absolute atomic E-state index is 10.9. The molecular weight excluding hydrogens is 354 g/mol. The average Bonchev–Trinajstić information content (AvgIpc) is 3.46. The van der Waals surface area contributed by atoms with E-state index in [4.69, 9.17) is 4.74 Å². The number of benzene rings is 1. The summed E-state index contributed by atoms with van der Waals surface area (Å²) >= 11 is 0. The van der Waals surface area contributed by atoms with Gasteiger partial charge in [-0.1, -0.05) is 36.4 Å². The molecule has 7 nitrogen and oxygen atoms in total. The number of anilines is 2. The first-order valence-corrected chi connectivity index (χ1v) is 9.24. The summed E-state index contributed by atoms with van der Waals surface area (Å²) in [6, 6.07) is 11.8. The highest BCUT2D eigenvalue weighted by Crippen LogP contribution is 2.39. The van der Waals surface area contributed by atoms with Crippen LogP contribution in [0.3, 0.4) is 0 Å². The lowest BCUT2D eigenvalue weighted by molar-refractivity contribution is -0.139. The third kappa shape index (κ3) is 4.43. The lowest BCUT2D eigenvalue weighted by Crippen LogP contribution is -2.01. The van der Waals surface area contributed by atoms with Gasteiger partial charge in [-0.3, -0.25) is 9.89 Å². The average molecular weight is 375 g/mol. The van der Waals surface area contributed by atoms with Gasteiger partial charge in [0.25, 0.3) is 0 Å². The summed E-state index contributed by atoms with van der Waals surface area (Å²) in [7, 11) is 0. The Bertz CT molecular complexity index is 993. The topological polar surface area (TPSA) is 92.8 Å². The van der Waals surface area contributed by atoms with Gasteiger partial charge < -0.3 is 10.1 Å². The molecule has 0 bridgehead atoms. The summed E-state index contributed by atoms with van der Waals surface area (Å²) in [5.74, 6) is 2.26. The van der Waals surface area contributed by atoms with Gasteiger partial charge in [-0.05, 0) is 18.9 Å². The van der Waals surface area contributed by atoms with Gasteiger partial charge in [0, 0.05) is 41.9 Å². The van der Waals surface area contributed by atoms with Gasteiger partial charge in [0.2, 0.25) is 0 Å². The lowest BCUT2D eigenvalue weighted by Gasteiger charge is -2.08. The van der Waals surface area contributed by atoms with Gasteiger partial charge in [-0.25, -0.2) is 9.97 Å². The predicted octanol–water partition coefficient (Wildman–Crippen LogP) is 4.06. The van der Waals surface area contributed by atoms with Crippen LogP contribution in [0.4, 0.5) is 11.6 Å². The van der Waals surface area contributed by atoms with Crippen molar-refractivity contribution in [2.45, 2.75) is 25.7 Å². The van der Waals surface area contributed by atoms with Crippen LogP contribution in [0.2, 0.25) is 0 Å². The number of carbonyl (C=O) groups is 1. The normalized spacial score (nSPS) is 13.6. The van der Waals surface area contributed by atoms with Crippen molar-refractivity contribution in [1.29, 1.82) is 0 Å². The van der Waals surface area contributed by atoms with Crippen LogP contribution in [0.15, 0.2) is 48.7 Å². The Morgan fingerprint density at radius 1 is 1.32 bits per heavy atom. The van der Waals surface area contributed by atoms with Gasteiger partial charge in [0.05, 0.1) is 0 Å². The van der Waals surface area contributed by atoms with Crippen molar-refractivity contribution < 1.29 is 9.53 Å². The van der Waals surface area contributed by atoms with E-state index >= 15 is 0 Å². The van der Waals surface area contributed by atoms with Crippen LogP contribution >= 0.6 is 0 Å². The Labute approximate surface area is 162 Å². The molecule has 2 aromatic heterocycles. The van der Waals surface area contributed by atoms with Crippen molar-refractivity contribution in [3.05, 3.63) is 59.9 Å². The number of ether oxygens (including phenoxy) is 1. The number of carbonyl (C=O) groups excluding carboxylic acids is 1. The Kier molecular flexibility index (Phi) is 5.14. The first kappa shape index (κ1) is 17.9. The van der Waals surface area contributed by atoms with Crippen molar-refractivity contribution in [3.8, 4) is 11.4 Å². The van der Waals surface area contributed by atoms with E-state index in [-0.39, 0.29) is 12.6 Å². The van der Waals surface area contributed by atoms with Crippen LogP contribution in [-0.2, 0) is 9.53 Å². The summed E-state index contributed by atoms with van der Waals surface area (Å²) in [5, 5.41) is 10.7. The molecule has 28 heavy (non-hydrogen) atoms. The Morgan fingerprint density at radius 2 is 2.14 bits per heavy atom. The Morgan fingerprint density at radius 3 is 2.89 bits per heavy atom. The molecule has 3 aromatic rings. The first-order valence-electron chi connectivity index (χ1n) is 9.24. The zero-order chi connectivity index (χ0) is 19.3. The SMILES string of the molecule is CC(=O)OCC=Cc1cnc(-c2ccccc2)nc1Nc1cc(C2CC2)[nH]n1. The van der Waals surface area contributed by atoms with Crippen molar-refractivity contribution >= 4 is 23.7 Å². The van der Waals surface area contributed by atoms with Gasteiger partial charge in [-0.15, -0.1) is 0 Å².